The highest BCUT2D eigenvalue weighted by Crippen LogP contribution is 2.47. The van der Waals surface area contributed by atoms with Gasteiger partial charge in [-0.05, 0) is 70.4 Å². The minimum absolute atomic E-state index is 0.164. The summed E-state index contributed by atoms with van der Waals surface area (Å²) in [5.74, 6) is 0.276. The maximum absolute atomic E-state index is 12.5. The molecule has 0 radical (unpaired) electrons. The van der Waals surface area contributed by atoms with Gasteiger partial charge in [-0.15, -0.1) is 0 Å². The van der Waals surface area contributed by atoms with Crippen molar-refractivity contribution in [3.63, 3.8) is 0 Å². The molecule has 37 heavy (non-hydrogen) atoms. The Morgan fingerprint density at radius 3 is 2.62 bits per heavy atom. The van der Waals surface area contributed by atoms with Crippen LogP contribution < -0.4 is 10.2 Å². The van der Waals surface area contributed by atoms with Crippen molar-refractivity contribution in [3.8, 4) is 0 Å². The van der Waals surface area contributed by atoms with Crippen LogP contribution in [0.1, 0.15) is 76.8 Å². The van der Waals surface area contributed by atoms with Gasteiger partial charge < -0.3 is 18.9 Å². The van der Waals surface area contributed by atoms with E-state index in [0.717, 1.165) is 43.1 Å². The van der Waals surface area contributed by atoms with Crippen molar-refractivity contribution < 1.29 is 23.9 Å². The number of nitrogens with one attached hydrogen (secondary N) is 1. The van der Waals surface area contributed by atoms with Crippen LogP contribution in [0.25, 0.3) is 11.0 Å². The van der Waals surface area contributed by atoms with Crippen LogP contribution in [-0.2, 0) is 14.3 Å². The topological polar surface area (TPSA) is 106 Å². The molecule has 198 valence electrons. The maximum atomic E-state index is 12.5. The third-order valence-corrected chi connectivity index (χ3v) is 7.98. The Hall–Kier alpha value is -3.14. The predicted octanol–water partition coefficient (Wildman–Crippen LogP) is 4.09. The Balaban J connectivity index is 1.21. The van der Waals surface area contributed by atoms with Crippen LogP contribution >= 0.6 is 0 Å². The Bertz CT molecular complexity index is 1250. The third-order valence-electron chi connectivity index (χ3n) is 7.98. The molecule has 0 aromatic carbocycles. The van der Waals surface area contributed by atoms with Crippen molar-refractivity contribution in [1.82, 2.24) is 19.8 Å². The molecule has 1 saturated carbocycles. The quantitative estimate of drug-likeness (QED) is 0.668. The Morgan fingerprint density at radius 2 is 1.95 bits per heavy atom. The van der Waals surface area contributed by atoms with Gasteiger partial charge in [-0.25, -0.2) is 14.6 Å². The number of fused-ring (bicyclic) bond motifs is 1. The zero-order chi connectivity index (χ0) is 25.9. The number of anilines is 1. The number of hydrogen-bond acceptors (Lipinski definition) is 6. The zero-order valence-electron chi connectivity index (χ0n) is 21.8. The lowest BCUT2D eigenvalue weighted by atomic mass is 9.87. The summed E-state index contributed by atoms with van der Waals surface area (Å²) in [6, 6.07) is 1.82. The first-order valence-corrected chi connectivity index (χ1v) is 13.3. The van der Waals surface area contributed by atoms with Gasteiger partial charge in [0.05, 0.1) is 30.1 Å². The zero-order valence-corrected chi connectivity index (χ0v) is 21.8. The summed E-state index contributed by atoms with van der Waals surface area (Å²) < 4.78 is 14.3. The van der Waals surface area contributed by atoms with E-state index < -0.39 is 11.6 Å². The number of hydrogen-bond donors (Lipinski definition) is 1. The summed E-state index contributed by atoms with van der Waals surface area (Å²) in [6.45, 7) is 7.89. The molecular weight excluding hydrogens is 474 g/mol. The largest absolute Gasteiger partial charge is 0.444 e. The molecule has 1 spiro atoms. The fourth-order valence-electron chi connectivity index (χ4n) is 5.87. The molecule has 0 unspecified atom stereocenters. The van der Waals surface area contributed by atoms with Crippen LogP contribution in [-0.4, -0.2) is 69.9 Å². The number of rotatable bonds is 3. The van der Waals surface area contributed by atoms with E-state index in [9.17, 15) is 14.4 Å². The van der Waals surface area contributed by atoms with Crippen LogP contribution in [0.15, 0.2) is 18.5 Å². The lowest BCUT2D eigenvalue weighted by Gasteiger charge is -2.39. The van der Waals surface area contributed by atoms with Crippen LogP contribution in [0.2, 0.25) is 0 Å². The Labute approximate surface area is 216 Å². The fourth-order valence-corrected chi connectivity index (χ4v) is 5.87. The standard InChI is InChI=1S/C27H35N5O5/c1-26(2,3)37-25(35)30-10-7-27(8-11-30)13-19(16-36-27)32-15-21(17-4-5-17)20-12-18(14-28-23(20)32)31-9-6-22(33)29-24(31)34/h12,14-15,17,19H,4-11,13,16H2,1-3H3,(H,29,33,34)/t19-/m0/s1. The van der Waals surface area contributed by atoms with E-state index in [1.807, 2.05) is 26.8 Å². The molecule has 1 N–H and O–H groups in total. The van der Waals surface area contributed by atoms with E-state index in [1.165, 1.54) is 5.56 Å². The molecule has 4 amide bonds. The molecule has 10 nitrogen and oxygen atoms in total. The van der Waals surface area contributed by atoms with Gasteiger partial charge in [0.15, 0.2) is 0 Å². The van der Waals surface area contributed by atoms with Crippen LogP contribution in [0.5, 0.6) is 0 Å². The van der Waals surface area contributed by atoms with E-state index in [2.05, 4.69) is 16.1 Å². The average Bonchev–Trinajstić information content (AvgIpc) is 3.50. The number of amides is 4. The second-order valence-corrected chi connectivity index (χ2v) is 11.9. The first-order chi connectivity index (χ1) is 17.6. The molecule has 3 aliphatic heterocycles. The fraction of sp³-hybridized carbons (Fsp3) is 0.630. The molecule has 1 atom stereocenters. The molecule has 10 heteroatoms. The van der Waals surface area contributed by atoms with E-state index >= 15 is 0 Å². The summed E-state index contributed by atoms with van der Waals surface area (Å²) in [7, 11) is 0. The van der Waals surface area contributed by atoms with Crippen molar-refractivity contribution >= 4 is 34.8 Å². The Kier molecular flexibility index (Phi) is 5.70. The normalized spacial score (nSPS) is 24.1. The van der Waals surface area contributed by atoms with Crippen molar-refractivity contribution in [3.05, 3.63) is 24.0 Å². The van der Waals surface area contributed by atoms with Crippen LogP contribution in [0.4, 0.5) is 15.3 Å². The number of carbonyl (C=O) groups is 3. The molecule has 2 aromatic rings. The van der Waals surface area contributed by atoms with Gasteiger partial charge in [0.25, 0.3) is 0 Å². The minimum Gasteiger partial charge on any atom is -0.444 e. The smallest absolute Gasteiger partial charge is 0.410 e. The van der Waals surface area contributed by atoms with Gasteiger partial charge in [0, 0.05) is 37.6 Å². The highest BCUT2D eigenvalue weighted by molar-refractivity contribution is 6.06. The number of carbonyl (C=O) groups excluding carboxylic acids is 3. The average molecular weight is 510 g/mol. The van der Waals surface area contributed by atoms with E-state index in [4.69, 9.17) is 14.5 Å². The van der Waals surface area contributed by atoms with E-state index in [-0.39, 0.29) is 30.1 Å². The van der Waals surface area contributed by atoms with E-state index in [0.29, 0.717) is 37.8 Å². The van der Waals surface area contributed by atoms with Crippen molar-refractivity contribution in [2.45, 2.75) is 82.5 Å². The van der Waals surface area contributed by atoms with Crippen LogP contribution in [0, 0.1) is 0 Å². The first kappa shape index (κ1) is 24.2. The number of aromatic nitrogens is 2. The monoisotopic (exact) mass is 509 g/mol. The molecule has 1 aliphatic carbocycles. The summed E-state index contributed by atoms with van der Waals surface area (Å²) in [4.78, 5) is 44.7. The van der Waals surface area contributed by atoms with Crippen LogP contribution in [0.3, 0.4) is 0 Å². The lowest BCUT2D eigenvalue weighted by Crippen LogP contribution is -2.49. The molecule has 4 fully saturated rings. The highest BCUT2D eigenvalue weighted by Gasteiger charge is 2.45. The lowest BCUT2D eigenvalue weighted by molar-refractivity contribution is -0.120. The number of urea groups is 1. The van der Waals surface area contributed by atoms with E-state index in [1.54, 1.807) is 16.0 Å². The van der Waals surface area contributed by atoms with Gasteiger partial charge in [-0.2, -0.15) is 0 Å². The summed E-state index contributed by atoms with van der Waals surface area (Å²) in [5, 5.41) is 3.47. The molecule has 5 heterocycles. The molecule has 4 aliphatic rings. The van der Waals surface area contributed by atoms with Gasteiger partial charge >= 0.3 is 12.1 Å². The SMILES string of the molecule is CC(C)(C)OC(=O)N1CCC2(CC1)C[C@H](n1cc(C3CC3)c3cc(N4CCC(=O)NC4=O)cnc31)CO2. The number of imide groups is 1. The van der Waals surface area contributed by atoms with Gasteiger partial charge in [0.2, 0.25) is 5.91 Å². The van der Waals surface area contributed by atoms with Gasteiger partial charge in [-0.1, -0.05) is 0 Å². The number of nitrogens with zero attached hydrogens (tertiary/aromatic N) is 4. The summed E-state index contributed by atoms with van der Waals surface area (Å²) in [5.41, 5.74) is 2.16. The Morgan fingerprint density at radius 1 is 1.19 bits per heavy atom. The second-order valence-electron chi connectivity index (χ2n) is 11.9. The number of pyridine rings is 1. The summed E-state index contributed by atoms with van der Waals surface area (Å²) in [6.07, 6.45) is 8.78. The molecular formula is C27H35N5O5. The van der Waals surface area contributed by atoms with Crippen molar-refractivity contribution in [2.24, 2.45) is 0 Å². The predicted molar refractivity (Wildman–Crippen MR) is 137 cm³/mol. The minimum atomic E-state index is -0.502. The number of likely N-dealkylation sites (tertiary alicyclic amines) is 1. The third kappa shape index (κ3) is 4.67. The molecule has 0 bridgehead atoms. The number of ether oxygens (including phenoxy) is 2. The number of piperidine rings is 1. The first-order valence-electron chi connectivity index (χ1n) is 13.3. The molecule has 6 rings (SSSR count). The van der Waals surface area contributed by atoms with Gasteiger partial charge in [0.1, 0.15) is 11.2 Å². The second kappa shape index (κ2) is 8.72. The maximum Gasteiger partial charge on any atom is 0.410 e. The molecule has 2 aromatic heterocycles. The van der Waals surface area contributed by atoms with Crippen molar-refractivity contribution in [2.75, 3.05) is 31.1 Å². The van der Waals surface area contributed by atoms with Crippen molar-refractivity contribution in [1.29, 1.82) is 0 Å². The highest BCUT2D eigenvalue weighted by atomic mass is 16.6. The van der Waals surface area contributed by atoms with Gasteiger partial charge in [-0.3, -0.25) is 15.0 Å². The molecule has 3 saturated heterocycles. The summed E-state index contributed by atoms with van der Waals surface area (Å²) >= 11 is 0.